The van der Waals surface area contributed by atoms with Gasteiger partial charge in [-0.15, -0.1) is 6.58 Å². The maximum atomic E-state index is 4.00. The van der Waals surface area contributed by atoms with E-state index in [2.05, 4.69) is 73.3 Å². The normalized spacial score (nSPS) is 16.3. The summed E-state index contributed by atoms with van der Waals surface area (Å²) in [6.07, 6.45) is 10.5. The summed E-state index contributed by atoms with van der Waals surface area (Å²) >= 11 is 0. The summed E-state index contributed by atoms with van der Waals surface area (Å²) in [7, 11) is 0. The van der Waals surface area contributed by atoms with Crippen molar-refractivity contribution in [3.63, 3.8) is 0 Å². The summed E-state index contributed by atoms with van der Waals surface area (Å²) in [6, 6.07) is 0. The van der Waals surface area contributed by atoms with Crippen LogP contribution in [0.1, 0.15) is 67.7 Å². The van der Waals surface area contributed by atoms with E-state index in [0.717, 1.165) is 11.8 Å². The first-order valence-corrected chi connectivity index (χ1v) is 7.98. The van der Waals surface area contributed by atoms with Crippen molar-refractivity contribution in [1.29, 1.82) is 0 Å². The second-order valence-corrected chi connectivity index (χ2v) is 7.57. The summed E-state index contributed by atoms with van der Waals surface area (Å²) in [5, 5.41) is 0. The topological polar surface area (TPSA) is 0 Å². The van der Waals surface area contributed by atoms with Crippen molar-refractivity contribution in [2.24, 2.45) is 29.1 Å². The lowest BCUT2D eigenvalue weighted by atomic mass is 9.71. The number of hydrogen-bond acceptors (Lipinski definition) is 0. The monoisotopic (exact) mass is 264 g/mol. The van der Waals surface area contributed by atoms with Gasteiger partial charge in [-0.1, -0.05) is 66.7 Å². The molecule has 0 heterocycles. The zero-order valence-electron chi connectivity index (χ0n) is 14.4. The first-order chi connectivity index (χ1) is 8.70. The van der Waals surface area contributed by atoms with Crippen molar-refractivity contribution in [1.82, 2.24) is 0 Å². The van der Waals surface area contributed by atoms with Crippen LogP contribution in [0.5, 0.6) is 0 Å². The molecule has 112 valence electrons. The van der Waals surface area contributed by atoms with E-state index in [1.807, 2.05) is 0 Å². The van der Waals surface area contributed by atoms with E-state index in [9.17, 15) is 0 Å². The molecule has 19 heavy (non-hydrogen) atoms. The number of rotatable bonds is 9. The zero-order chi connectivity index (χ0) is 15.1. The Kier molecular flexibility index (Phi) is 8.38. The second kappa shape index (κ2) is 8.61. The first-order valence-electron chi connectivity index (χ1n) is 7.98. The van der Waals surface area contributed by atoms with Crippen molar-refractivity contribution >= 4 is 0 Å². The Balaban J connectivity index is 4.37. The van der Waals surface area contributed by atoms with Gasteiger partial charge in [0.05, 0.1) is 0 Å². The van der Waals surface area contributed by atoms with Crippen molar-refractivity contribution in [3.8, 4) is 0 Å². The van der Waals surface area contributed by atoms with Gasteiger partial charge in [0, 0.05) is 0 Å². The van der Waals surface area contributed by atoms with Gasteiger partial charge >= 0.3 is 0 Å². The van der Waals surface area contributed by atoms with E-state index in [1.54, 1.807) is 0 Å². The van der Waals surface area contributed by atoms with Gasteiger partial charge in [0.1, 0.15) is 0 Å². The Bertz CT molecular complexity index is 268. The second-order valence-electron chi connectivity index (χ2n) is 7.57. The Hall–Kier alpha value is -0.520. The first kappa shape index (κ1) is 18.5. The van der Waals surface area contributed by atoms with Crippen LogP contribution in [0.3, 0.4) is 0 Å². The van der Waals surface area contributed by atoms with Gasteiger partial charge in [0.15, 0.2) is 0 Å². The third kappa shape index (κ3) is 7.60. The highest BCUT2D eigenvalue weighted by molar-refractivity contribution is 4.92. The van der Waals surface area contributed by atoms with Gasteiger partial charge in [0.2, 0.25) is 0 Å². The molecule has 0 radical (unpaired) electrons. The molecule has 0 aliphatic carbocycles. The minimum absolute atomic E-state index is 0.379. The van der Waals surface area contributed by atoms with E-state index >= 15 is 0 Å². The van der Waals surface area contributed by atoms with Crippen LogP contribution in [0.15, 0.2) is 24.8 Å². The molecule has 0 saturated heterocycles. The molecule has 0 aromatic heterocycles. The average molecular weight is 264 g/mol. The highest BCUT2D eigenvalue weighted by Gasteiger charge is 2.27. The Morgan fingerprint density at radius 1 is 1.00 bits per heavy atom. The largest absolute Gasteiger partial charge is 0.103 e. The van der Waals surface area contributed by atoms with Crippen molar-refractivity contribution < 1.29 is 0 Å². The minimum atomic E-state index is 0.379. The molecule has 0 rings (SSSR count). The highest BCUT2D eigenvalue weighted by Crippen LogP contribution is 2.37. The van der Waals surface area contributed by atoms with E-state index in [0.29, 0.717) is 17.3 Å². The molecule has 0 heteroatoms. The Morgan fingerprint density at radius 2 is 1.58 bits per heavy atom. The van der Waals surface area contributed by atoms with Crippen molar-refractivity contribution in [3.05, 3.63) is 24.8 Å². The van der Waals surface area contributed by atoms with Crippen LogP contribution in [-0.2, 0) is 0 Å². The Labute approximate surface area is 122 Å². The molecule has 0 aromatic rings. The van der Waals surface area contributed by atoms with Gasteiger partial charge in [-0.3, -0.25) is 0 Å². The van der Waals surface area contributed by atoms with Gasteiger partial charge in [-0.05, 0) is 48.3 Å². The third-order valence-corrected chi connectivity index (χ3v) is 4.54. The van der Waals surface area contributed by atoms with Gasteiger partial charge in [0.25, 0.3) is 0 Å². The third-order valence-electron chi connectivity index (χ3n) is 4.54. The van der Waals surface area contributed by atoms with Crippen LogP contribution in [0.2, 0.25) is 0 Å². The molecule has 2 atom stereocenters. The fourth-order valence-corrected chi connectivity index (χ4v) is 2.32. The summed E-state index contributed by atoms with van der Waals surface area (Å²) < 4.78 is 0. The lowest BCUT2D eigenvalue weighted by molar-refractivity contribution is 0.190. The molecule has 0 N–H and O–H groups in total. The maximum Gasteiger partial charge on any atom is -0.0210 e. The van der Waals surface area contributed by atoms with Crippen LogP contribution in [0.4, 0.5) is 0 Å². The highest BCUT2D eigenvalue weighted by atomic mass is 14.3. The molecule has 0 aromatic carbocycles. The predicted octanol–water partition coefficient (Wildman–Crippen LogP) is 6.49. The van der Waals surface area contributed by atoms with Gasteiger partial charge in [-0.25, -0.2) is 0 Å². The van der Waals surface area contributed by atoms with Crippen molar-refractivity contribution in [2.45, 2.75) is 67.7 Å². The molecule has 0 spiro atoms. The van der Waals surface area contributed by atoms with Gasteiger partial charge in [-0.2, -0.15) is 0 Å². The summed E-state index contributed by atoms with van der Waals surface area (Å²) in [4.78, 5) is 0. The lowest BCUT2D eigenvalue weighted by Gasteiger charge is -2.34. The quantitative estimate of drug-likeness (QED) is 0.417. The Morgan fingerprint density at radius 3 is 2.00 bits per heavy atom. The zero-order valence-corrected chi connectivity index (χ0v) is 14.4. The molecule has 0 aliphatic heterocycles. The summed E-state index contributed by atoms with van der Waals surface area (Å²) in [6.45, 7) is 20.3. The predicted molar refractivity (Wildman–Crippen MR) is 89.3 cm³/mol. The van der Waals surface area contributed by atoms with E-state index < -0.39 is 0 Å². The molecule has 0 bridgehead atoms. The van der Waals surface area contributed by atoms with Crippen LogP contribution in [0.25, 0.3) is 0 Å². The van der Waals surface area contributed by atoms with E-state index in [4.69, 9.17) is 0 Å². The minimum Gasteiger partial charge on any atom is -0.103 e. The fraction of sp³-hybridized carbons (Fsp3) is 0.789. The fourth-order valence-electron chi connectivity index (χ4n) is 2.32. The molecule has 2 unspecified atom stereocenters. The molecular formula is C19H36. The van der Waals surface area contributed by atoms with E-state index in [-0.39, 0.29) is 0 Å². The molecule has 0 amide bonds. The number of allylic oxidation sites excluding steroid dienone is 3. The van der Waals surface area contributed by atoms with Crippen LogP contribution < -0.4 is 0 Å². The van der Waals surface area contributed by atoms with Gasteiger partial charge < -0.3 is 0 Å². The molecule has 0 aliphatic rings. The van der Waals surface area contributed by atoms with Crippen molar-refractivity contribution in [2.75, 3.05) is 0 Å². The molecule has 0 saturated carbocycles. The summed E-state index contributed by atoms with van der Waals surface area (Å²) in [5.41, 5.74) is 0.379. The van der Waals surface area contributed by atoms with Crippen LogP contribution in [-0.4, -0.2) is 0 Å². The maximum absolute atomic E-state index is 4.00. The van der Waals surface area contributed by atoms with Crippen LogP contribution in [0, 0.1) is 29.1 Å². The standard InChI is InChI=1S/C19H36/c1-9-18(16(4)5)14-17(6)19(7,8)13-11-10-12-15(2)3/h9-11,15-18H,1,12-14H2,2-8H3/b11-10+. The van der Waals surface area contributed by atoms with E-state index in [1.165, 1.54) is 19.3 Å². The van der Waals surface area contributed by atoms with Crippen LogP contribution >= 0.6 is 0 Å². The smallest absolute Gasteiger partial charge is 0.0210 e. The lowest BCUT2D eigenvalue weighted by Crippen LogP contribution is -2.24. The summed E-state index contributed by atoms with van der Waals surface area (Å²) in [5.74, 6) is 2.84. The molecule has 0 nitrogen and oxygen atoms in total. The molecule has 0 fully saturated rings. The molecular weight excluding hydrogens is 228 g/mol. The SMILES string of the molecule is C=CC(CC(C)C(C)(C)C/C=C/CC(C)C)C(C)C. The number of hydrogen-bond donors (Lipinski definition) is 0. The average Bonchev–Trinajstić information content (AvgIpc) is 2.30.